The van der Waals surface area contributed by atoms with Crippen molar-refractivity contribution in [3.63, 3.8) is 0 Å². The van der Waals surface area contributed by atoms with Crippen molar-refractivity contribution in [2.24, 2.45) is 0 Å². The maximum atomic E-state index is 13.0. The van der Waals surface area contributed by atoms with Crippen molar-refractivity contribution >= 4 is 28.5 Å². The van der Waals surface area contributed by atoms with Crippen LogP contribution in [0.3, 0.4) is 0 Å². The number of benzene rings is 1. The Morgan fingerprint density at radius 3 is 2.94 bits per heavy atom. The van der Waals surface area contributed by atoms with Gasteiger partial charge in [0.1, 0.15) is 11.6 Å². The molecule has 1 rings (SSSR count). The molecule has 2 nitrogen and oxygen atoms in total. The summed E-state index contributed by atoms with van der Waals surface area (Å²) < 4.78 is 13.0. The fourth-order valence-electron chi connectivity index (χ4n) is 1.06. The molecule has 0 atom stereocenters. The number of halogens is 2. The summed E-state index contributed by atoms with van der Waals surface area (Å²) in [5, 5.41) is 9.47. The number of phenolic OH excluding ortho intramolecular Hbond substituents is 1. The highest BCUT2D eigenvalue weighted by atomic mass is 35.5. The molecule has 1 aromatic rings. The Bertz CT molecular complexity index is 491. The molecule has 0 radical (unpaired) electrons. The number of carbonyl (C=O) groups is 1. The second-order valence-electron chi connectivity index (χ2n) is 3.18. The van der Waals surface area contributed by atoms with Crippen LogP contribution in [0, 0.1) is 17.7 Å². The number of hydrogen-bond acceptors (Lipinski definition) is 3. The molecule has 0 amide bonds. The van der Waals surface area contributed by atoms with Crippen molar-refractivity contribution in [3.8, 4) is 17.6 Å². The molecule has 0 bridgehead atoms. The molecule has 0 aliphatic heterocycles. The van der Waals surface area contributed by atoms with E-state index in [1.54, 1.807) is 0 Å². The van der Waals surface area contributed by atoms with E-state index in [2.05, 4.69) is 11.8 Å². The topological polar surface area (TPSA) is 37.3 Å². The molecular weight excluding hydrogens is 263 g/mol. The molecule has 0 aliphatic carbocycles. The van der Waals surface area contributed by atoms with Crippen LogP contribution in [0.2, 0.25) is 5.02 Å². The Morgan fingerprint density at radius 2 is 2.29 bits per heavy atom. The maximum absolute atomic E-state index is 13.0. The molecule has 1 N–H and O–H groups in total. The summed E-state index contributed by atoms with van der Waals surface area (Å²) >= 11 is 6.77. The van der Waals surface area contributed by atoms with Gasteiger partial charge in [-0.3, -0.25) is 4.79 Å². The van der Waals surface area contributed by atoms with E-state index in [1.807, 2.05) is 0 Å². The van der Waals surface area contributed by atoms with Crippen LogP contribution in [0.1, 0.15) is 18.9 Å². The Morgan fingerprint density at radius 1 is 1.59 bits per heavy atom. The minimum atomic E-state index is -0.546. The number of thioether (sulfide) groups is 1. The van der Waals surface area contributed by atoms with Crippen LogP contribution in [0.4, 0.5) is 4.39 Å². The predicted molar refractivity (Wildman–Crippen MR) is 67.7 cm³/mol. The zero-order chi connectivity index (χ0) is 12.8. The zero-order valence-electron chi connectivity index (χ0n) is 9.09. The van der Waals surface area contributed by atoms with E-state index in [0.717, 1.165) is 12.1 Å². The number of carbonyl (C=O) groups excluding carboxylic acids is 1. The van der Waals surface area contributed by atoms with Gasteiger partial charge >= 0.3 is 0 Å². The average molecular weight is 273 g/mol. The summed E-state index contributed by atoms with van der Waals surface area (Å²) in [6.45, 7) is 1.48. The number of phenols is 1. The number of hydrogen-bond donors (Lipinski definition) is 1. The molecule has 0 spiro atoms. The van der Waals surface area contributed by atoms with Gasteiger partial charge in [0.15, 0.2) is 5.12 Å². The van der Waals surface area contributed by atoms with Crippen molar-refractivity contribution < 1.29 is 14.3 Å². The van der Waals surface area contributed by atoms with Crippen LogP contribution in [-0.4, -0.2) is 16.0 Å². The fourth-order valence-corrected chi connectivity index (χ4v) is 1.76. The fraction of sp³-hybridized carbons (Fsp3) is 0.250. The predicted octanol–water partition coefficient (Wildman–Crippen LogP) is 3.21. The normalized spacial score (nSPS) is 9.59. The summed E-state index contributed by atoms with van der Waals surface area (Å²) in [6, 6.07) is 2.14. The van der Waals surface area contributed by atoms with Crippen LogP contribution in [-0.2, 0) is 4.79 Å². The molecule has 0 aromatic heterocycles. The summed E-state index contributed by atoms with van der Waals surface area (Å²) in [5.74, 6) is 5.17. The van der Waals surface area contributed by atoms with Gasteiger partial charge in [0.2, 0.25) is 0 Å². The lowest BCUT2D eigenvalue weighted by molar-refractivity contribution is -0.109. The number of rotatable bonds is 2. The van der Waals surface area contributed by atoms with E-state index in [-0.39, 0.29) is 21.5 Å². The molecule has 5 heteroatoms. The Balaban J connectivity index is 2.68. The van der Waals surface area contributed by atoms with E-state index in [0.29, 0.717) is 12.2 Å². The van der Waals surface area contributed by atoms with Gasteiger partial charge in [-0.05, 0) is 12.1 Å². The Kier molecular flexibility index (Phi) is 5.33. The maximum Gasteiger partial charge on any atom is 0.185 e. The van der Waals surface area contributed by atoms with Crippen LogP contribution >= 0.6 is 23.4 Å². The standard InChI is InChI=1S/C12H10ClFO2S/c1-8(15)17-5-3-2-4-9-6-10(14)7-11(13)12(9)16/h6-7,16H,3,5H2,1H3. The summed E-state index contributed by atoms with van der Waals surface area (Å²) in [5.41, 5.74) is 0.155. The first-order chi connectivity index (χ1) is 8.00. The summed E-state index contributed by atoms with van der Waals surface area (Å²) in [7, 11) is 0. The van der Waals surface area contributed by atoms with Crippen LogP contribution in [0.15, 0.2) is 12.1 Å². The Labute approximate surface area is 108 Å². The minimum absolute atomic E-state index is 0.0310. The summed E-state index contributed by atoms with van der Waals surface area (Å²) in [6.07, 6.45) is 0.484. The zero-order valence-corrected chi connectivity index (χ0v) is 10.7. The molecule has 0 heterocycles. The van der Waals surface area contributed by atoms with Crippen molar-refractivity contribution in [1.29, 1.82) is 0 Å². The van der Waals surface area contributed by atoms with Gasteiger partial charge in [0.25, 0.3) is 0 Å². The highest BCUT2D eigenvalue weighted by molar-refractivity contribution is 8.13. The van der Waals surface area contributed by atoms with Gasteiger partial charge in [0, 0.05) is 19.1 Å². The first-order valence-electron chi connectivity index (χ1n) is 4.81. The lowest BCUT2D eigenvalue weighted by atomic mass is 10.2. The molecule has 0 aliphatic rings. The Hall–Kier alpha value is -1.18. The summed E-state index contributed by atoms with van der Waals surface area (Å²) in [4.78, 5) is 10.6. The molecule has 0 fully saturated rings. The second-order valence-corrected chi connectivity index (χ2v) is 4.85. The third kappa shape index (κ3) is 4.68. The monoisotopic (exact) mass is 272 g/mol. The smallest absolute Gasteiger partial charge is 0.185 e. The van der Waals surface area contributed by atoms with Crippen molar-refractivity contribution in [2.75, 3.05) is 5.75 Å². The van der Waals surface area contributed by atoms with E-state index < -0.39 is 5.82 Å². The molecule has 17 heavy (non-hydrogen) atoms. The number of aromatic hydroxyl groups is 1. The molecule has 90 valence electrons. The average Bonchev–Trinajstić information content (AvgIpc) is 2.23. The third-order valence-electron chi connectivity index (χ3n) is 1.78. The lowest BCUT2D eigenvalue weighted by Crippen LogP contribution is -1.85. The van der Waals surface area contributed by atoms with Crippen LogP contribution < -0.4 is 0 Å². The molecule has 0 unspecified atom stereocenters. The highest BCUT2D eigenvalue weighted by Gasteiger charge is 2.06. The van der Waals surface area contributed by atoms with E-state index >= 15 is 0 Å². The van der Waals surface area contributed by atoms with Crippen molar-refractivity contribution in [2.45, 2.75) is 13.3 Å². The van der Waals surface area contributed by atoms with E-state index in [4.69, 9.17) is 11.6 Å². The van der Waals surface area contributed by atoms with Gasteiger partial charge < -0.3 is 5.11 Å². The van der Waals surface area contributed by atoms with Crippen LogP contribution in [0.5, 0.6) is 5.75 Å². The first kappa shape index (κ1) is 13.9. The van der Waals surface area contributed by atoms with Gasteiger partial charge in [0.05, 0.1) is 10.6 Å². The van der Waals surface area contributed by atoms with Gasteiger partial charge in [-0.1, -0.05) is 35.2 Å². The van der Waals surface area contributed by atoms with Gasteiger partial charge in [-0.2, -0.15) is 0 Å². The molecule has 0 saturated carbocycles. The van der Waals surface area contributed by atoms with E-state index in [1.165, 1.54) is 18.7 Å². The second kappa shape index (κ2) is 6.53. The first-order valence-corrected chi connectivity index (χ1v) is 6.17. The quantitative estimate of drug-likeness (QED) is 0.664. The van der Waals surface area contributed by atoms with E-state index in [9.17, 15) is 14.3 Å². The SMILES string of the molecule is CC(=O)SCCC#Cc1cc(F)cc(Cl)c1O. The lowest BCUT2D eigenvalue weighted by Gasteiger charge is -1.99. The minimum Gasteiger partial charge on any atom is -0.505 e. The largest absolute Gasteiger partial charge is 0.505 e. The van der Waals surface area contributed by atoms with Crippen molar-refractivity contribution in [3.05, 3.63) is 28.5 Å². The van der Waals surface area contributed by atoms with Crippen LogP contribution in [0.25, 0.3) is 0 Å². The highest BCUT2D eigenvalue weighted by Crippen LogP contribution is 2.27. The molecule has 0 saturated heterocycles. The molecule has 1 aromatic carbocycles. The van der Waals surface area contributed by atoms with Crippen molar-refractivity contribution in [1.82, 2.24) is 0 Å². The van der Waals surface area contributed by atoms with Gasteiger partial charge in [-0.25, -0.2) is 4.39 Å². The third-order valence-corrected chi connectivity index (χ3v) is 2.89. The van der Waals surface area contributed by atoms with Gasteiger partial charge in [-0.15, -0.1) is 0 Å². The molecular formula is C12H10ClFO2S.